The largest absolute Gasteiger partial charge is 0.444 e. The molecule has 0 saturated heterocycles. The molecule has 0 aliphatic heterocycles. The van der Waals surface area contributed by atoms with Crippen molar-refractivity contribution in [3.05, 3.63) is 0 Å². The number of rotatable bonds is 13. The molecule has 6 heteroatoms. The SMILES string of the molecule is CCC[C@@H](O)C[C@H](CCCC(OCC)OCC)NC(=O)OC(C)(C)C. The van der Waals surface area contributed by atoms with Crippen molar-refractivity contribution in [2.45, 2.75) is 104 Å². The molecule has 0 spiro atoms. The second-order valence-electron chi connectivity index (χ2n) is 7.29. The van der Waals surface area contributed by atoms with Crippen molar-refractivity contribution in [1.29, 1.82) is 0 Å². The third-order valence-corrected chi connectivity index (χ3v) is 3.60. The number of carbonyl (C=O) groups is 1. The summed E-state index contributed by atoms with van der Waals surface area (Å²) in [4.78, 5) is 12.0. The molecular weight excluding hydrogens is 322 g/mol. The van der Waals surface area contributed by atoms with Gasteiger partial charge in [-0.15, -0.1) is 0 Å². The lowest BCUT2D eigenvalue weighted by molar-refractivity contribution is -0.140. The molecule has 0 aliphatic rings. The van der Waals surface area contributed by atoms with Gasteiger partial charge in [-0.25, -0.2) is 4.79 Å². The molecule has 0 saturated carbocycles. The fourth-order valence-electron chi connectivity index (χ4n) is 2.62. The fraction of sp³-hybridized carbons (Fsp3) is 0.947. The van der Waals surface area contributed by atoms with E-state index >= 15 is 0 Å². The van der Waals surface area contributed by atoms with Crippen molar-refractivity contribution in [2.75, 3.05) is 13.2 Å². The van der Waals surface area contributed by atoms with Crippen molar-refractivity contribution >= 4 is 6.09 Å². The molecule has 0 bridgehead atoms. The highest BCUT2D eigenvalue weighted by atomic mass is 16.7. The Hall–Kier alpha value is -0.850. The maximum absolute atomic E-state index is 12.0. The molecule has 2 N–H and O–H groups in total. The first kappa shape index (κ1) is 24.1. The van der Waals surface area contributed by atoms with E-state index in [9.17, 15) is 9.90 Å². The zero-order valence-corrected chi connectivity index (χ0v) is 17.0. The van der Waals surface area contributed by atoms with Crippen LogP contribution in [0, 0.1) is 0 Å². The predicted molar refractivity (Wildman–Crippen MR) is 99.6 cm³/mol. The minimum Gasteiger partial charge on any atom is -0.444 e. The summed E-state index contributed by atoms with van der Waals surface area (Å²) >= 11 is 0. The summed E-state index contributed by atoms with van der Waals surface area (Å²) in [5, 5.41) is 13.0. The first-order valence-corrected chi connectivity index (χ1v) is 9.62. The lowest BCUT2D eigenvalue weighted by atomic mass is 10.0. The summed E-state index contributed by atoms with van der Waals surface area (Å²) in [6.07, 6.45) is 3.45. The van der Waals surface area contributed by atoms with E-state index in [1.54, 1.807) is 0 Å². The number of alkyl carbamates (subject to hydrolysis) is 1. The van der Waals surface area contributed by atoms with Gasteiger partial charge in [-0.2, -0.15) is 0 Å². The minimum atomic E-state index is -0.536. The topological polar surface area (TPSA) is 77.0 Å². The van der Waals surface area contributed by atoms with Crippen LogP contribution in [0.2, 0.25) is 0 Å². The van der Waals surface area contributed by atoms with Crippen molar-refractivity contribution in [3.63, 3.8) is 0 Å². The molecule has 1 amide bonds. The van der Waals surface area contributed by atoms with Crippen LogP contribution in [0.25, 0.3) is 0 Å². The number of hydrogen-bond acceptors (Lipinski definition) is 5. The summed E-state index contributed by atoms with van der Waals surface area (Å²) in [5.74, 6) is 0. The van der Waals surface area contributed by atoms with Gasteiger partial charge in [0.2, 0.25) is 0 Å². The number of amides is 1. The summed E-state index contributed by atoms with van der Waals surface area (Å²) in [7, 11) is 0. The van der Waals surface area contributed by atoms with E-state index in [1.807, 2.05) is 41.5 Å². The third-order valence-electron chi connectivity index (χ3n) is 3.60. The van der Waals surface area contributed by atoms with Crippen LogP contribution < -0.4 is 5.32 Å². The smallest absolute Gasteiger partial charge is 0.407 e. The first-order chi connectivity index (χ1) is 11.7. The molecule has 6 nitrogen and oxygen atoms in total. The summed E-state index contributed by atoms with van der Waals surface area (Å²) < 4.78 is 16.4. The highest BCUT2D eigenvalue weighted by molar-refractivity contribution is 5.68. The minimum absolute atomic E-state index is 0.125. The van der Waals surface area contributed by atoms with Gasteiger partial charge in [0, 0.05) is 19.3 Å². The third kappa shape index (κ3) is 14.0. The van der Waals surface area contributed by atoms with E-state index in [4.69, 9.17) is 14.2 Å². The molecule has 0 unspecified atom stereocenters. The zero-order chi connectivity index (χ0) is 19.3. The van der Waals surface area contributed by atoms with Gasteiger partial charge < -0.3 is 24.6 Å². The van der Waals surface area contributed by atoms with Crippen LogP contribution in [0.5, 0.6) is 0 Å². The van der Waals surface area contributed by atoms with Crippen LogP contribution in [0.15, 0.2) is 0 Å². The molecule has 0 rings (SSSR count). The Morgan fingerprint density at radius 3 is 2.12 bits per heavy atom. The van der Waals surface area contributed by atoms with Gasteiger partial charge in [-0.05, 0) is 66.7 Å². The fourth-order valence-corrected chi connectivity index (χ4v) is 2.62. The Kier molecular flexibility index (Phi) is 12.9. The lowest BCUT2D eigenvalue weighted by Crippen LogP contribution is -2.41. The van der Waals surface area contributed by atoms with Gasteiger partial charge in [-0.1, -0.05) is 13.3 Å². The van der Waals surface area contributed by atoms with Crippen LogP contribution in [0.3, 0.4) is 0 Å². The second-order valence-corrected chi connectivity index (χ2v) is 7.29. The molecule has 2 atom stereocenters. The Labute approximate surface area is 153 Å². The summed E-state index contributed by atoms with van der Waals surface area (Å²) in [6.45, 7) is 12.7. The molecule has 0 heterocycles. The Morgan fingerprint density at radius 1 is 1.04 bits per heavy atom. The molecule has 0 aromatic carbocycles. The van der Waals surface area contributed by atoms with E-state index in [-0.39, 0.29) is 12.3 Å². The van der Waals surface area contributed by atoms with E-state index < -0.39 is 17.8 Å². The Bertz CT molecular complexity index is 337. The predicted octanol–water partition coefficient (Wildman–Crippen LogP) is 4.00. The number of nitrogens with one attached hydrogen (secondary N) is 1. The van der Waals surface area contributed by atoms with Gasteiger partial charge in [0.1, 0.15) is 5.60 Å². The van der Waals surface area contributed by atoms with Crippen molar-refractivity contribution in [3.8, 4) is 0 Å². The Morgan fingerprint density at radius 2 is 1.64 bits per heavy atom. The molecule has 0 radical (unpaired) electrons. The number of ether oxygens (including phenoxy) is 3. The van der Waals surface area contributed by atoms with Gasteiger partial charge in [0.05, 0.1) is 6.10 Å². The standard InChI is InChI=1S/C19H39NO5/c1-7-11-16(21)14-15(20-18(22)25-19(4,5)6)12-10-13-17(23-8-2)24-9-3/h15-17,21H,7-14H2,1-6H3,(H,20,22)/t15-,16+/m0/s1. The molecular formula is C19H39NO5. The highest BCUT2D eigenvalue weighted by Crippen LogP contribution is 2.15. The van der Waals surface area contributed by atoms with Crippen LogP contribution in [-0.4, -0.2) is 48.5 Å². The lowest BCUT2D eigenvalue weighted by Gasteiger charge is -2.25. The molecule has 0 aromatic rings. The number of carbonyl (C=O) groups excluding carboxylic acids is 1. The molecule has 25 heavy (non-hydrogen) atoms. The highest BCUT2D eigenvalue weighted by Gasteiger charge is 2.21. The summed E-state index contributed by atoms with van der Waals surface area (Å²) in [5.41, 5.74) is -0.536. The molecule has 0 fully saturated rings. The van der Waals surface area contributed by atoms with Gasteiger partial charge in [0.15, 0.2) is 6.29 Å². The van der Waals surface area contributed by atoms with Crippen LogP contribution >= 0.6 is 0 Å². The maximum Gasteiger partial charge on any atom is 0.407 e. The molecule has 0 aromatic heterocycles. The number of aliphatic hydroxyl groups excluding tert-OH is 1. The normalized spacial score (nSPS) is 14.4. The van der Waals surface area contributed by atoms with Crippen LogP contribution in [0.1, 0.15) is 80.1 Å². The van der Waals surface area contributed by atoms with E-state index in [2.05, 4.69) is 5.32 Å². The van der Waals surface area contributed by atoms with E-state index in [0.717, 1.165) is 32.1 Å². The average molecular weight is 362 g/mol. The Balaban J connectivity index is 4.53. The average Bonchev–Trinajstić information content (AvgIpc) is 2.45. The van der Waals surface area contributed by atoms with Crippen LogP contribution in [-0.2, 0) is 14.2 Å². The molecule has 150 valence electrons. The van der Waals surface area contributed by atoms with Crippen molar-refractivity contribution in [2.24, 2.45) is 0 Å². The number of hydrogen-bond donors (Lipinski definition) is 2. The van der Waals surface area contributed by atoms with Crippen LogP contribution in [0.4, 0.5) is 4.79 Å². The quantitative estimate of drug-likeness (QED) is 0.485. The van der Waals surface area contributed by atoms with Gasteiger partial charge >= 0.3 is 6.09 Å². The van der Waals surface area contributed by atoms with E-state index in [1.165, 1.54) is 0 Å². The molecule has 0 aliphatic carbocycles. The van der Waals surface area contributed by atoms with E-state index in [0.29, 0.717) is 19.6 Å². The monoisotopic (exact) mass is 361 g/mol. The number of aliphatic hydroxyl groups is 1. The summed E-state index contributed by atoms with van der Waals surface area (Å²) in [6, 6.07) is -0.125. The van der Waals surface area contributed by atoms with Crippen molar-refractivity contribution < 1.29 is 24.1 Å². The zero-order valence-electron chi connectivity index (χ0n) is 17.0. The maximum atomic E-state index is 12.0. The van der Waals surface area contributed by atoms with Gasteiger partial charge in [-0.3, -0.25) is 0 Å². The second kappa shape index (κ2) is 13.4. The van der Waals surface area contributed by atoms with Gasteiger partial charge in [0.25, 0.3) is 0 Å². The van der Waals surface area contributed by atoms with Crippen molar-refractivity contribution in [1.82, 2.24) is 5.32 Å². The first-order valence-electron chi connectivity index (χ1n) is 9.62.